The Morgan fingerprint density at radius 1 is 0.433 bits per heavy atom. The first-order valence-corrected chi connectivity index (χ1v) is 38.2. The van der Waals surface area contributed by atoms with E-state index in [1.54, 1.807) is 6.08 Å². The normalized spacial score (nSPS) is 18.1. The minimum absolute atomic E-state index is 0.00556. The van der Waals surface area contributed by atoms with Crippen LogP contribution in [-0.4, -0.2) is 100 Å². The molecule has 524 valence electrons. The Morgan fingerprint density at radius 3 is 1.23 bits per heavy atom. The number of nitrogens with one attached hydrogen (secondary N) is 1. The molecule has 0 aliphatic carbocycles. The second kappa shape index (κ2) is 67.5. The van der Waals surface area contributed by atoms with Gasteiger partial charge in [0, 0.05) is 12.8 Å². The number of amides is 1. The first-order chi connectivity index (χ1) is 44.2. The van der Waals surface area contributed by atoms with Crippen molar-refractivity contribution < 1.29 is 49.3 Å². The molecule has 1 saturated heterocycles. The largest absolute Gasteiger partial charge is 0.466 e. The Labute approximate surface area is 553 Å². The van der Waals surface area contributed by atoms with Crippen LogP contribution in [0.4, 0.5) is 0 Å². The lowest BCUT2D eigenvalue weighted by Crippen LogP contribution is -2.60. The molecule has 0 radical (unpaired) electrons. The number of carbonyl (C=O) groups excluding carboxylic acids is 2. The number of unbranched alkanes of at least 4 members (excludes halogenated alkanes) is 44. The van der Waals surface area contributed by atoms with Crippen LogP contribution >= 0.6 is 0 Å². The number of aliphatic hydroxyl groups is 5. The highest BCUT2D eigenvalue weighted by atomic mass is 16.7. The van der Waals surface area contributed by atoms with Gasteiger partial charge in [0.25, 0.3) is 0 Å². The average Bonchev–Trinajstić information content (AvgIpc) is 0.983. The van der Waals surface area contributed by atoms with E-state index < -0.39 is 49.5 Å². The maximum absolute atomic E-state index is 13.0. The SMILES string of the molecule is C/C=C/CC/C=C/CC/C=C/C(O)C(COC1OC(CO)C(O)C(O)C1O)NC(=O)CCCCCCCCCCCCCCCCCCC/C=C\C/C=C\CCCCCCCCCCCCCCCCCOC(=O)CCCCCCC/C=C\CCCCCCC. The molecule has 7 unspecified atom stereocenters. The summed E-state index contributed by atoms with van der Waals surface area (Å²) in [5, 5.41) is 54.3. The Morgan fingerprint density at radius 2 is 0.800 bits per heavy atom. The molecule has 0 bridgehead atoms. The lowest BCUT2D eigenvalue weighted by molar-refractivity contribution is -0.302. The number of aliphatic hydroxyl groups excluding tert-OH is 5. The molecule has 1 aliphatic rings. The summed E-state index contributed by atoms with van der Waals surface area (Å²) in [7, 11) is 0. The number of hydrogen-bond acceptors (Lipinski definition) is 10. The fourth-order valence-corrected chi connectivity index (χ4v) is 11.9. The molecule has 1 aliphatic heterocycles. The average molecular weight is 1270 g/mol. The van der Waals surface area contributed by atoms with Gasteiger partial charge in [-0.25, -0.2) is 0 Å². The van der Waals surface area contributed by atoms with Crippen molar-refractivity contribution in [3.05, 3.63) is 72.9 Å². The van der Waals surface area contributed by atoms with E-state index in [-0.39, 0.29) is 18.5 Å². The topological polar surface area (TPSA) is 175 Å². The molecule has 11 heteroatoms. The van der Waals surface area contributed by atoms with Crippen LogP contribution in [0.5, 0.6) is 0 Å². The van der Waals surface area contributed by atoms with Crippen LogP contribution in [0.3, 0.4) is 0 Å². The Balaban J connectivity index is 1.88. The van der Waals surface area contributed by atoms with Crippen LogP contribution in [-0.2, 0) is 23.8 Å². The van der Waals surface area contributed by atoms with Gasteiger partial charge in [-0.2, -0.15) is 0 Å². The van der Waals surface area contributed by atoms with Crippen molar-refractivity contribution in [3.63, 3.8) is 0 Å². The van der Waals surface area contributed by atoms with Crippen LogP contribution < -0.4 is 5.32 Å². The number of rotatable bonds is 67. The van der Waals surface area contributed by atoms with E-state index in [4.69, 9.17) is 14.2 Å². The molecule has 0 aromatic carbocycles. The van der Waals surface area contributed by atoms with Crippen molar-refractivity contribution in [1.29, 1.82) is 0 Å². The highest BCUT2D eigenvalue weighted by molar-refractivity contribution is 5.76. The minimum atomic E-state index is -1.58. The van der Waals surface area contributed by atoms with E-state index in [9.17, 15) is 35.1 Å². The number of esters is 1. The zero-order valence-electron chi connectivity index (χ0n) is 58.3. The number of allylic oxidation sites excluding steroid dienone is 11. The van der Waals surface area contributed by atoms with Gasteiger partial charge in [-0.3, -0.25) is 9.59 Å². The zero-order chi connectivity index (χ0) is 65.1. The van der Waals surface area contributed by atoms with E-state index in [1.807, 2.05) is 19.1 Å². The van der Waals surface area contributed by atoms with Crippen molar-refractivity contribution in [2.45, 2.75) is 397 Å². The monoisotopic (exact) mass is 1270 g/mol. The standard InChI is InChI=1S/C79H143NO10/c1-3-5-7-9-11-13-14-15-44-47-51-55-59-63-67-75(84)88-68-64-60-56-52-48-45-42-40-38-36-34-32-30-28-26-24-22-20-18-16-17-19-21-23-25-27-29-31-33-35-37-39-41-43-46-50-54-58-62-66-74(83)80-71(72(82)65-61-57-53-49-12-10-8-6-4-2)70-89-79-78(87)77(86)76(85)73(69-81)90-79/h4,6,12,14-17,20,22,49,61,65,71-73,76-79,81-82,85-87H,3,5,7-11,13,18-19,21,23-48,50-60,62-64,66-70H2,1-2H3,(H,80,83)/b6-4+,15-14-,17-16-,22-20-,49-12+,65-61+. The molecule has 0 aromatic heterocycles. The Bertz CT molecular complexity index is 1730. The number of ether oxygens (including phenoxy) is 3. The predicted molar refractivity (Wildman–Crippen MR) is 380 cm³/mol. The van der Waals surface area contributed by atoms with Crippen molar-refractivity contribution in [2.24, 2.45) is 0 Å². The lowest BCUT2D eigenvalue weighted by atomic mass is 9.99. The third-order valence-corrected chi connectivity index (χ3v) is 17.8. The predicted octanol–water partition coefficient (Wildman–Crippen LogP) is 20.2. The summed E-state index contributed by atoms with van der Waals surface area (Å²) in [5.74, 6) is -0.191. The zero-order valence-corrected chi connectivity index (χ0v) is 58.3. The van der Waals surface area contributed by atoms with Crippen molar-refractivity contribution in [2.75, 3.05) is 19.8 Å². The Kier molecular flexibility index (Phi) is 63.9. The van der Waals surface area contributed by atoms with Crippen LogP contribution in [0.2, 0.25) is 0 Å². The maximum Gasteiger partial charge on any atom is 0.305 e. The summed E-state index contributed by atoms with van der Waals surface area (Å²) in [6, 6.07) is -0.832. The summed E-state index contributed by atoms with van der Waals surface area (Å²) in [6.45, 7) is 4.11. The smallest absolute Gasteiger partial charge is 0.305 e. The van der Waals surface area contributed by atoms with Gasteiger partial charge in [0.1, 0.15) is 24.4 Å². The van der Waals surface area contributed by atoms with Gasteiger partial charge < -0.3 is 45.1 Å². The van der Waals surface area contributed by atoms with Crippen molar-refractivity contribution in [3.8, 4) is 0 Å². The van der Waals surface area contributed by atoms with E-state index in [2.05, 4.69) is 66.9 Å². The molecule has 90 heavy (non-hydrogen) atoms. The molecule has 0 spiro atoms. The molecule has 7 atom stereocenters. The van der Waals surface area contributed by atoms with Crippen molar-refractivity contribution >= 4 is 11.9 Å². The fraction of sp³-hybridized carbons (Fsp3) is 0.823. The van der Waals surface area contributed by atoms with Gasteiger partial charge in [0.15, 0.2) is 6.29 Å². The molecule has 1 rings (SSSR count). The second-order valence-electron chi connectivity index (χ2n) is 26.3. The molecule has 0 aromatic rings. The van der Waals surface area contributed by atoms with Crippen molar-refractivity contribution in [1.82, 2.24) is 5.32 Å². The number of hydrogen-bond donors (Lipinski definition) is 6. The summed E-state index contributed by atoms with van der Waals surface area (Å²) in [6.07, 6.45) is 82.6. The lowest BCUT2D eigenvalue weighted by Gasteiger charge is -2.40. The highest BCUT2D eigenvalue weighted by Crippen LogP contribution is 2.23. The number of carbonyl (C=O) groups is 2. The van der Waals surface area contributed by atoms with E-state index in [0.29, 0.717) is 19.4 Å². The van der Waals surface area contributed by atoms with Crippen LogP contribution in [0.25, 0.3) is 0 Å². The van der Waals surface area contributed by atoms with E-state index in [1.165, 1.54) is 257 Å². The van der Waals surface area contributed by atoms with E-state index in [0.717, 1.165) is 70.6 Å². The Hall–Kier alpha value is -2.90. The van der Waals surface area contributed by atoms with Crippen LogP contribution in [0.1, 0.15) is 354 Å². The quantitative estimate of drug-likeness (QED) is 0.0195. The van der Waals surface area contributed by atoms with Gasteiger partial charge >= 0.3 is 5.97 Å². The fourth-order valence-electron chi connectivity index (χ4n) is 11.9. The van der Waals surface area contributed by atoms with Crippen LogP contribution in [0.15, 0.2) is 72.9 Å². The second-order valence-corrected chi connectivity index (χ2v) is 26.3. The molecule has 0 saturated carbocycles. The van der Waals surface area contributed by atoms with Gasteiger partial charge in [0.2, 0.25) is 5.91 Å². The summed E-state index contributed by atoms with van der Waals surface area (Å²) in [5.41, 5.74) is 0. The first-order valence-electron chi connectivity index (χ1n) is 38.2. The third kappa shape index (κ3) is 55.5. The molecule has 11 nitrogen and oxygen atoms in total. The van der Waals surface area contributed by atoms with Gasteiger partial charge in [-0.05, 0) is 110 Å². The molecular formula is C79H143NO10. The minimum Gasteiger partial charge on any atom is -0.466 e. The molecule has 1 heterocycles. The van der Waals surface area contributed by atoms with E-state index >= 15 is 0 Å². The van der Waals surface area contributed by atoms with Crippen LogP contribution in [0, 0.1) is 0 Å². The molecule has 1 fully saturated rings. The highest BCUT2D eigenvalue weighted by Gasteiger charge is 2.44. The molecule has 6 N–H and O–H groups in total. The first kappa shape index (κ1) is 85.1. The van der Waals surface area contributed by atoms with Gasteiger partial charge in [0.05, 0.1) is 32.0 Å². The molecule has 1 amide bonds. The summed E-state index contributed by atoms with van der Waals surface area (Å²) < 4.78 is 16.7. The summed E-state index contributed by atoms with van der Waals surface area (Å²) in [4.78, 5) is 25.1. The third-order valence-electron chi connectivity index (χ3n) is 17.8. The summed E-state index contributed by atoms with van der Waals surface area (Å²) >= 11 is 0. The maximum atomic E-state index is 13.0. The van der Waals surface area contributed by atoms with Gasteiger partial charge in [-0.15, -0.1) is 0 Å². The molecular weight excluding hydrogens is 1120 g/mol. The van der Waals surface area contributed by atoms with Gasteiger partial charge in [-0.1, -0.05) is 305 Å².